The summed E-state index contributed by atoms with van der Waals surface area (Å²) in [5.74, 6) is -0.606. The third-order valence-corrected chi connectivity index (χ3v) is 3.88. The van der Waals surface area contributed by atoms with Crippen LogP contribution in [0.5, 0.6) is 0 Å². The zero-order valence-electron chi connectivity index (χ0n) is 11.4. The smallest absolute Gasteiger partial charge is 0.137 e. The van der Waals surface area contributed by atoms with Crippen LogP contribution in [-0.4, -0.2) is 6.54 Å². The van der Waals surface area contributed by atoms with Gasteiger partial charge in [-0.15, -0.1) is 0 Å². The van der Waals surface area contributed by atoms with Gasteiger partial charge >= 0.3 is 0 Å². The van der Waals surface area contributed by atoms with Crippen LogP contribution in [0.3, 0.4) is 0 Å². The number of rotatable bonds is 4. The van der Waals surface area contributed by atoms with Crippen molar-refractivity contribution in [1.82, 2.24) is 5.32 Å². The van der Waals surface area contributed by atoms with Crippen LogP contribution in [0.2, 0.25) is 0 Å². The minimum absolute atomic E-state index is 0.224. The first kappa shape index (κ1) is 15.1. The lowest BCUT2D eigenvalue weighted by molar-refractivity contribution is 0.588. The zero-order valence-corrected chi connectivity index (χ0v) is 13.0. The van der Waals surface area contributed by atoms with Gasteiger partial charge in [0.1, 0.15) is 11.6 Å². The number of nitrogens with one attached hydrogen (secondary N) is 1. The topological polar surface area (TPSA) is 12.0 Å². The van der Waals surface area contributed by atoms with Gasteiger partial charge in [0.2, 0.25) is 0 Å². The molecular formula is C16H16BrF2N. The highest BCUT2D eigenvalue weighted by Crippen LogP contribution is 2.28. The molecule has 0 heterocycles. The Balaban J connectivity index is 2.49. The normalized spacial score (nSPS) is 12.4. The molecule has 2 aromatic carbocycles. The molecule has 2 rings (SSSR count). The molecule has 0 aliphatic carbocycles. The standard InChI is InChI=1S/C16H16BrF2N/c1-3-20-16(11-5-7-14(17)15(19)8-11)13-9-12(18)6-4-10(13)2/h4-9,16,20H,3H2,1-2H3. The molecule has 0 aliphatic heterocycles. The van der Waals surface area contributed by atoms with Crippen molar-refractivity contribution in [2.45, 2.75) is 19.9 Å². The van der Waals surface area contributed by atoms with E-state index in [1.165, 1.54) is 18.2 Å². The van der Waals surface area contributed by atoms with E-state index in [4.69, 9.17) is 0 Å². The summed E-state index contributed by atoms with van der Waals surface area (Å²) in [6, 6.07) is 9.44. The highest BCUT2D eigenvalue weighted by Gasteiger charge is 2.17. The summed E-state index contributed by atoms with van der Waals surface area (Å²) in [5.41, 5.74) is 2.58. The van der Waals surface area contributed by atoms with Crippen LogP contribution >= 0.6 is 15.9 Å². The summed E-state index contributed by atoms with van der Waals surface area (Å²) in [7, 11) is 0. The van der Waals surface area contributed by atoms with Crippen LogP contribution in [0.4, 0.5) is 8.78 Å². The van der Waals surface area contributed by atoms with Crippen molar-refractivity contribution in [1.29, 1.82) is 0 Å². The van der Waals surface area contributed by atoms with Crippen molar-refractivity contribution >= 4 is 15.9 Å². The Morgan fingerprint density at radius 2 is 1.90 bits per heavy atom. The summed E-state index contributed by atoms with van der Waals surface area (Å²) in [5, 5.41) is 3.28. The van der Waals surface area contributed by atoms with Crippen LogP contribution in [0, 0.1) is 18.6 Å². The monoisotopic (exact) mass is 339 g/mol. The number of aryl methyl sites for hydroxylation is 1. The van der Waals surface area contributed by atoms with Crippen LogP contribution in [0.15, 0.2) is 40.9 Å². The van der Waals surface area contributed by atoms with Gasteiger partial charge in [-0.1, -0.05) is 19.1 Å². The van der Waals surface area contributed by atoms with E-state index >= 15 is 0 Å². The molecule has 106 valence electrons. The molecule has 1 N–H and O–H groups in total. The highest BCUT2D eigenvalue weighted by molar-refractivity contribution is 9.10. The van der Waals surface area contributed by atoms with Gasteiger partial charge in [-0.3, -0.25) is 0 Å². The second kappa shape index (κ2) is 6.46. The predicted molar refractivity (Wildman–Crippen MR) is 80.8 cm³/mol. The summed E-state index contributed by atoms with van der Waals surface area (Å²) < 4.78 is 27.6. The second-order valence-electron chi connectivity index (χ2n) is 4.67. The average Bonchev–Trinajstić information content (AvgIpc) is 2.42. The molecule has 0 saturated heterocycles. The molecule has 20 heavy (non-hydrogen) atoms. The quantitative estimate of drug-likeness (QED) is 0.848. The highest BCUT2D eigenvalue weighted by atomic mass is 79.9. The third-order valence-electron chi connectivity index (χ3n) is 3.24. The van der Waals surface area contributed by atoms with Gasteiger partial charge in [-0.25, -0.2) is 8.78 Å². The van der Waals surface area contributed by atoms with Crippen LogP contribution in [0.1, 0.15) is 29.7 Å². The van der Waals surface area contributed by atoms with E-state index in [-0.39, 0.29) is 17.7 Å². The van der Waals surface area contributed by atoms with Gasteiger partial charge in [0.05, 0.1) is 10.5 Å². The summed E-state index contributed by atoms with van der Waals surface area (Å²) in [6.45, 7) is 4.60. The van der Waals surface area contributed by atoms with E-state index in [0.29, 0.717) is 11.0 Å². The number of halogens is 3. The Kier molecular flexibility index (Phi) is 4.89. The number of benzene rings is 2. The third kappa shape index (κ3) is 3.25. The molecule has 0 aliphatic rings. The molecule has 0 amide bonds. The number of hydrogen-bond donors (Lipinski definition) is 1. The molecule has 1 unspecified atom stereocenters. The van der Waals surface area contributed by atoms with Crippen molar-refractivity contribution in [3.05, 3.63) is 69.2 Å². The summed E-state index contributed by atoms with van der Waals surface area (Å²) in [6.07, 6.45) is 0. The average molecular weight is 340 g/mol. The first-order chi connectivity index (χ1) is 9.52. The Bertz CT molecular complexity index is 613. The fraction of sp³-hybridized carbons (Fsp3) is 0.250. The molecule has 1 nitrogen and oxygen atoms in total. The largest absolute Gasteiger partial charge is 0.307 e. The lowest BCUT2D eigenvalue weighted by atomic mass is 9.94. The lowest BCUT2D eigenvalue weighted by Crippen LogP contribution is -2.23. The van der Waals surface area contributed by atoms with E-state index in [9.17, 15) is 8.78 Å². The molecule has 0 saturated carbocycles. The first-order valence-corrected chi connectivity index (χ1v) is 7.26. The van der Waals surface area contributed by atoms with Crippen molar-refractivity contribution in [3.63, 3.8) is 0 Å². The number of hydrogen-bond acceptors (Lipinski definition) is 1. The van der Waals surface area contributed by atoms with Gasteiger partial charge in [-0.05, 0) is 70.4 Å². The van der Waals surface area contributed by atoms with Crippen molar-refractivity contribution in [3.8, 4) is 0 Å². The van der Waals surface area contributed by atoms with Gasteiger partial charge in [0.15, 0.2) is 0 Å². The van der Waals surface area contributed by atoms with Gasteiger partial charge in [0, 0.05) is 0 Å². The van der Waals surface area contributed by atoms with Gasteiger partial charge < -0.3 is 5.32 Å². The lowest BCUT2D eigenvalue weighted by Gasteiger charge is -2.21. The predicted octanol–water partition coefficient (Wildman–Crippen LogP) is 4.73. The van der Waals surface area contributed by atoms with Crippen molar-refractivity contribution < 1.29 is 8.78 Å². The molecule has 0 radical (unpaired) electrons. The second-order valence-corrected chi connectivity index (χ2v) is 5.52. The van der Waals surface area contributed by atoms with Crippen molar-refractivity contribution in [2.24, 2.45) is 0 Å². The maximum Gasteiger partial charge on any atom is 0.137 e. The molecule has 0 fully saturated rings. The Morgan fingerprint density at radius 3 is 2.55 bits per heavy atom. The van der Waals surface area contributed by atoms with E-state index < -0.39 is 0 Å². The van der Waals surface area contributed by atoms with E-state index in [2.05, 4.69) is 21.2 Å². The van der Waals surface area contributed by atoms with Gasteiger partial charge in [-0.2, -0.15) is 0 Å². The fourth-order valence-corrected chi connectivity index (χ4v) is 2.47. The van der Waals surface area contributed by atoms with E-state index in [0.717, 1.165) is 16.7 Å². The molecule has 4 heteroatoms. The summed E-state index contributed by atoms with van der Waals surface area (Å²) >= 11 is 3.14. The Hall–Kier alpha value is -1.26. The molecule has 0 bridgehead atoms. The Morgan fingerprint density at radius 1 is 1.15 bits per heavy atom. The Labute approximate surface area is 126 Å². The van der Waals surface area contributed by atoms with E-state index in [1.807, 2.05) is 19.9 Å². The van der Waals surface area contributed by atoms with E-state index in [1.54, 1.807) is 12.1 Å². The maximum atomic E-state index is 13.7. The van der Waals surface area contributed by atoms with Gasteiger partial charge in [0.25, 0.3) is 0 Å². The SMILES string of the molecule is CCNC(c1ccc(Br)c(F)c1)c1cc(F)ccc1C. The van der Waals surface area contributed by atoms with Crippen LogP contribution in [0.25, 0.3) is 0 Å². The fourth-order valence-electron chi connectivity index (χ4n) is 2.23. The maximum absolute atomic E-state index is 13.7. The zero-order chi connectivity index (χ0) is 14.7. The molecule has 2 aromatic rings. The molecule has 0 aromatic heterocycles. The minimum atomic E-state index is -0.320. The van der Waals surface area contributed by atoms with Crippen LogP contribution in [-0.2, 0) is 0 Å². The first-order valence-electron chi connectivity index (χ1n) is 6.47. The summed E-state index contributed by atoms with van der Waals surface area (Å²) in [4.78, 5) is 0. The minimum Gasteiger partial charge on any atom is -0.307 e. The molecule has 0 spiro atoms. The van der Waals surface area contributed by atoms with Crippen LogP contribution < -0.4 is 5.32 Å². The molecule has 1 atom stereocenters. The van der Waals surface area contributed by atoms with Crippen molar-refractivity contribution in [2.75, 3.05) is 6.54 Å². The molecular weight excluding hydrogens is 324 g/mol.